The van der Waals surface area contributed by atoms with Crippen molar-refractivity contribution in [2.24, 2.45) is 5.41 Å². The molecule has 0 radical (unpaired) electrons. The fourth-order valence-corrected chi connectivity index (χ4v) is 5.73. The van der Waals surface area contributed by atoms with Gasteiger partial charge in [0.05, 0.1) is 0 Å². The van der Waals surface area contributed by atoms with E-state index in [-0.39, 0.29) is 16.2 Å². The summed E-state index contributed by atoms with van der Waals surface area (Å²) in [7, 11) is 0. The van der Waals surface area contributed by atoms with E-state index in [2.05, 4.69) is 133 Å². The van der Waals surface area contributed by atoms with Crippen LogP contribution in [-0.2, 0) is 10.8 Å². The molecule has 0 saturated carbocycles. The van der Waals surface area contributed by atoms with E-state index in [1.54, 1.807) is 0 Å². The van der Waals surface area contributed by atoms with Crippen molar-refractivity contribution in [1.29, 1.82) is 0 Å². The molecule has 0 aromatic heterocycles. The Morgan fingerprint density at radius 3 is 1.67 bits per heavy atom. The molecule has 4 aromatic rings. The molecule has 0 aliphatic rings. The number of aromatic hydroxyl groups is 1. The largest absolute Gasteiger partial charge is 0.507 e. The van der Waals surface area contributed by atoms with Gasteiger partial charge in [0.2, 0.25) is 0 Å². The maximum Gasteiger partial charge on any atom is 0.127 e. The number of phenolic OH excluding ortho intramolecular Hbond substituents is 1. The second kappa shape index (κ2) is 9.62. The molecular formula is C35H40O. The number of hydrogen-bond donors (Lipinski definition) is 1. The van der Waals surface area contributed by atoms with Crippen LogP contribution in [0.1, 0.15) is 71.6 Å². The first-order valence-electron chi connectivity index (χ1n) is 13.0. The van der Waals surface area contributed by atoms with Crippen LogP contribution >= 0.6 is 0 Å². The average Bonchev–Trinajstić information content (AvgIpc) is 2.83. The number of hydrogen-bond acceptors (Lipinski definition) is 1. The molecule has 0 spiro atoms. The zero-order valence-corrected chi connectivity index (χ0v) is 22.9. The summed E-state index contributed by atoms with van der Waals surface area (Å²) in [6.45, 7) is 16.0. The van der Waals surface area contributed by atoms with Gasteiger partial charge in [0.15, 0.2) is 0 Å². The van der Waals surface area contributed by atoms with E-state index in [0.717, 1.165) is 34.2 Å². The van der Waals surface area contributed by atoms with Crippen LogP contribution < -0.4 is 0 Å². The van der Waals surface area contributed by atoms with Gasteiger partial charge in [-0.25, -0.2) is 0 Å². The van der Waals surface area contributed by atoms with Gasteiger partial charge in [-0.3, -0.25) is 0 Å². The number of phenols is 1. The predicted octanol–water partition coefficient (Wildman–Crippen LogP) is 9.77. The molecule has 4 rings (SSSR count). The third kappa shape index (κ3) is 5.26. The van der Waals surface area contributed by atoms with Crippen LogP contribution in [0.5, 0.6) is 5.75 Å². The molecule has 0 atom stereocenters. The quantitative estimate of drug-likeness (QED) is 0.293. The molecule has 0 aliphatic carbocycles. The Morgan fingerprint density at radius 1 is 0.556 bits per heavy atom. The second-order valence-electron chi connectivity index (χ2n) is 12.4. The van der Waals surface area contributed by atoms with E-state index in [1.165, 1.54) is 11.1 Å². The number of rotatable bonds is 6. The van der Waals surface area contributed by atoms with Gasteiger partial charge in [-0.2, -0.15) is 0 Å². The fourth-order valence-electron chi connectivity index (χ4n) is 5.73. The summed E-state index contributed by atoms with van der Waals surface area (Å²) in [5, 5.41) is 11.9. The van der Waals surface area contributed by atoms with E-state index < -0.39 is 0 Å². The van der Waals surface area contributed by atoms with E-state index in [4.69, 9.17) is 0 Å². The van der Waals surface area contributed by atoms with Crippen molar-refractivity contribution in [3.63, 3.8) is 0 Å². The van der Waals surface area contributed by atoms with Crippen LogP contribution in [0.2, 0.25) is 0 Å². The van der Waals surface area contributed by atoms with Gasteiger partial charge in [-0.1, -0.05) is 139 Å². The lowest BCUT2D eigenvalue weighted by Crippen LogP contribution is -2.26. The maximum absolute atomic E-state index is 11.9. The molecule has 186 valence electrons. The summed E-state index contributed by atoms with van der Waals surface area (Å²) in [6.07, 6.45) is 1.04. The van der Waals surface area contributed by atoms with Crippen LogP contribution in [0.25, 0.3) is 22.3 Å². The van der Waals surface area contributed by atoms with Crippen molar-refractivity contribution in [3.05, 3.63) is 114 Å². The Morgan fingerprint density at radius 2 is 1.08 bits per heavy atom. The van der Waals surface area contributed by atoms with Crippen molar-refractivity contribution in [1.82, 2.24) is 0 Å². The summed E-state index contributed by atoms with van der Waals surface area (Å²) in [4.78, 5) is 0. The lowest BCUT2D eigenvalue weighted by molar-refractivity contribution is 0.283. The molecular weight excluding hydrogens is 436 g/mol. The Hall–Kier alpha value is -3.32. The SMILES string of the molecule is CC(C)(C)CC(C)(C)c1cc(-c2ccccc2-c2ccccc2)c(O)c(C(C)(C)c2ccccc2)c1. The topological polar surface area (TPSA) is 20.2 Å². The maximum atomic E-state index is 11.9. The van der Waals surface area contributed by atoms with Crippen molar-refractivity contribution in [2.45, 2.75) is 65.7 Å². The first kappa shape index (κ1) is 25.8. The highest BCUT2D eigenvalue weighted by Crippen LogP contribution is 2.48. The van der Waals surface area contributed by atoms with Gasteiger partial charge in [0.25, 0.3) is 0 Å². The summed E-state index contributed by atoms with van der Waals surface area (Å²) < 4.78 is 0. The first-order chi connectivity index (χ1) is 16.9. The van der Waals surface area contributed by atoms with E-state index in [0.29, 0.717) is 5.75 Å². The van der Waals surface area contributed by atoms with Crippen molar-refractivity contribution < 1.29 is 5.11 Å². The molecule has 36 heavy (non-hydrogen) atoms. The molecule has 0 aliphatic heterocycles. The summed E-state index contributed by atoms with van der Waals surface area (Å²) >= 11 is 0. The van der Waals surface area contributed by atoms with E-state index >= 15 is 0 Å². The van der Waals surface area contributed by atoms with Gasteiger partial charge in [0.1, 0.15) is 5.75 Å². The monoisotopic (exact) mass is 476 g/mol. The Balaban J connectivity index is 2.01. The molecule has 0 amide bonds. The standard InChI is InChI=1S/C35H40O/c1-33(2,3)24-34(4,5)27-22-30(29-21-15-14-20-28(29)25-16-10-8-11-17-25)32(36)31(23-27)35(6,7)26-18-12-9-13-19-26/h8-23,36H,24H2,1-7H3. The molecule has 0 saturated heterocycles. The van der Waals surface area contributed by atoms with Crippen LogP contribution in [0.3, 0.4) is 0 Å². The third-order valence-electron chi connectivity index (χ3n) is 7.33. The van der Waals surface area contributed by atoms with Crippen molar-refractivity contribution in [3.8, 4) is 28.0 Å². The van der Waals surface area contributed by atoms with E-state index in [1.807, 2.05) is 12.1 Å². The highest BCUT2D eigenvalue weighted by molar-refractivity contribution is 5.87. The van der Waals surface area contributed by atoms with Gasteiger partial charge in [-0.05, 0) is 51.1 Å². The average molecular weight is 477 g/mol. The number of benzene rings is 4. The molecule has 1 N–H and O–H groups in total. The van der Waals surface area contributed by atoms with Gasteiger partial charge in [-0.15, -0.1) is 0 Å². The summed E-state index contributed by atoms with van der Waals surface area (Å²) in [5.41, 5.74) is 7.38. The summed E-state index contributed by atoms with van der Waals surface area (Å²) in [5.74, 6) is 0.363. The minimum absolute atomic E-state index is 0.0656. The Kier molecular flexibility index (Phi) is 6.88. The first-order valence-corrected chi connectivity index (χ1v) is 13.0. The Labute approximate surface area is 217 Å². The van der Waals surface area contributed by atoms with Crippen LogP contribution in [0, 0.1) is 5.41 Å². The van der Waals surface area contributed by atoms with Gasteiger partial charge < -0.3 is 5.11 Å². The molecule has 1 heteroatoms. The van der Waals surface area contributed by atoms with Gasteiger partial charge in [0, 0.05) is 16.5 Å². The van der Waals surface area contributed by atoms with Crippen LogP contribution in [0.15, 0.2) is 97.1 Å². The molecule has 0 heterocycles. The molecule has 1 nitrogen and oxygen atoms in total. The van der Waals surface area contributed by atoms with Crippen LogP contribution in [-0.4, -0.2) is 5.11 Å². The fraction of sp³-hybridized carbons (Fsp3) is 0.314. The second-order valence-corrected chi connectivity index (χ2v) is 12.4. The normalized spacial score (nSPS) is 12.5. The predicted molar refractivity (Wildman–Crippen MR) is 155 cm³/mol. The lowest BCUT2D eigenvalue weighted by Gasteiger charge is -2.36. The van der Waals surface area contributed by atoms with E-state index in [9.17, 15) is 5.11 Å². The minimum atomic E-state index is -0.365. The minimum Gasteiger partial charge on any atom is -0.507 e. The van der Waals surface area contributed by atoms with Crippen molar-refractivity contribution >= 4 is 0 Å². The van der Waals surface area contributed by atoms with Crippen molar-refractivity contribution in [2.75, 3.05) is 0 Å². The molecule has 0 bridgehead atoms. The molecule has 0 unspecified atom stereocenters. The smallest absolute Gasteiger partial charge is 0.127 e. The molecule has 4 aromatic carbocycles. The zero-order valence-electron chi connectivity index (χ0n) is 22.9. The highest BCUT2D eigenvalue weighted by atomic mass is 16.3. The lowest BCUT2D eigenvalue weighted by atomic mass is 9.69. The Bertz CT molecular complexity index is 1320. The molecule has 0 fully saturated rings. The van der Waals surface area contributed by atoms with Crippen LogP contribution in [0.4, 0.5) is 0 Å². The van der Waals surface area contributed by atoms with Gasteiger partial charge >= 0.3 is 0 Å². The third-order valence-corrected chi connectivity index (χ3v) is 7.33. The highest BCUT2D eigenvalue weighted by Gasteiger charge is 2.33. The zero-order chi connectivity index (χ0) is 26.1. The summed E-state index contributed by atoms with van der Waals surface area (Å²) in [6, 6.07) is 33.9.